The molecule has 0 heterocycles. The molecule has 0 spiro atoms. The van der Waals surface area contributed by atoms with Crippen LogP contribution in [0.5, 0.6) is 0 Å². The second-order valence-corrected chi connectivity index (χ2v) is 4.70. The van der Waals surface area contributed by atoms with Crippen LogP contribution in [-0.4, -0.2) is 19.0 Å². The number of ketones is 1. The minimum absolute atomic E-state index is 0.316. The summed E-state index contributed by atoms with van der Waals surface area (Å²) in [6.45, 7) is 0. The molecule has 2 rings (SSSR count). The van der Waals surface area contributed by atoms with Crippen LogP contribution in [0, 0.1) is 5.92 Å². The Balaban J connectivity index is 2.09. The molecule has 15 heavy (non-hydrogen) atoms. The highest BCUT2D eigenvalue weighted by atomic mass is 16.5. The van der Waals surface area contributed by atoms with Crippen LogP contribution in [0.2, 0.25) is 0 Å². The largest absolute Gasteiger partial charge is 0.381 e. The number of hydrogen-bond acceptors (Lipinski definition) is 2. The fourth-order valence-corrected chi connectivity index (χ4v) is 2.91. The molecule has 0 aromatic heterocycles. The highest BCUT2D eigenvalue weighted by molar-refractivity contribution is 5.91. The van der Waals surface area contributed by atoms with Crippen LogP contribution >= 0.6 is 0 Å². The number of hydrogen-bond donors (Lipinski definition) is 0. The van der Waals surface area contributed by atoms with Crippen molar-refractivity contribution in [2.45, 2.75) is 51.0 Å². The standard InChI is InChI=1S/C13H20O2/c1-15-13-8-3-2-7-12(13)10-5-4-6-11(14)9-10/h9,12-13H,2-8H2,1H3. The predicted molar refractivity (Wildman–Crippen MR) is 59.7 cm³/mol. The van der Waals surface area contributed by atoms with Gasteiger partial charge in [-0.2, -0.15) is 0 Å². The third-order valence-electron chi connectivity index (χ3n) is 3.72. The molecular weight excluding hydrogens is 188 g/mol. The maximum absolute atomic E-state index is 11.4. The zero-order chi connectivity index (χ0) is 10.7. The first-order valence-corrected chi connectivity index (χ1v) is 6.07. The molecule has 0 aromatic rings. The van der Waals surface area contributed by atoms with E-state index in [9.17, 15) is 4.79 Å². The topological polar surface area (TPSA) is 26.3 Å². The number of ether oxygens (including phenoxy) is 1. The van der Waals surface area contributed by atoms with Crippen molar-refractivity contribution in [1.29, 1.82) is 0 Å². The van der Waals surface area contributed by atoms with Crippen LogP contribution in [0.3, 0.4) is 0 Å². The van der Waals surface area contributed by atoms with Gasteiger partial charge in [-0.25, -0.2) is 0 Å². The molecule has 0 aromatic carbocycles. The zero-order valence-corrected chi connectivity index (χ0v) is 9.50. The van der Waals surface area contributed by atoms with E-state index < -0.39 is 0 Å². The molecule has 0 aliphatic heterocycles. The van der Waals surface area contributed by atoms with E-state index in [-0.39, 0.29) is 0 Å². The van der Waals surface area contributed by atoms with Crippen molar-refractivity contribution < 1.29 is 9.53 Å². The van der Waals surface area contributed by atoms with E-state index in [2.05, 4.69) is 0 Å². The molecule has 2 aliphatic carbocycles. The number of rotatable bonds is 2. The number of allylic oxidation sites excluding steroid dienone is 1. The molecule has 0 amide bonds. The van der Waals surface area contributed by atoms with Crippen LogP contribution < -0.4 is 0 Å². The lowest BCUT2D eigenvalue weighted by molar-refractivity contribution is -0.115. The van der Waals surface area contributed by atoms with Crippen molar-refractivity contribution in [2.75, 3.05) is 7.11 Å². The van der Waals surface area contributed by atoms with Crippen molar-refractivity contribution in [2.24, 2.45) is 5.92 Å². The number of methoxy groups -OCH3 is 1. The molecule has 1 fully saturated rings. The monoisotopic (exact) mass is 208 g/mol. The highest BCUT2D eigenvalue weighted by Crippen LogP contribution is 2.35. The molecule has 2 nitrogen and oxygen atoms in total. The molecule has 0 bridgehead atoms. The van der Waals surface area contributed by atoms with Gasteiger partial charge in [0, 0.05) is 19.4 Å². The molecule has 0 radical (unpaired) electrons. The lowest BCUT2D eigenvalue weighted by Crippen LogP contribution is -2.29. The molecular formula is C13H20O2. The Labute approximate surface area is 91.7 Å². The molecule has 0 N–H and O–H groups in total. The summed E-state index contributed by atoms with van der Waals surface area (Å²) in [5, 5.41) is 0. The van der Waals surface area contributed by atoms with Gasteiger partial charge in [-0.3, -0.25) is 4.79 Å². The molecule has 2 heteroatoms. The van der Waals surface area contributed by atoms with Gasteiger partial charge < -0.3 is 4.74 Å². The van der Waals surface area contributed by atoms with Gasteiger partial charge in [0.2, 0.25) is 0 Å². The smallest absolute Gasteiger partial charge is 0.155 e. The summed E-state index contributed by atoms with van der Waals surface area (Å²) in [5.74, 6) is 0.838. The van der Waals surface area contributed by atoms with Crippen LogP contribution in [0.1, 0.15) is 44.9 Å². The van der Waals surface area contributed by atoms with Gasteiger partial charge >= 0.3 is 0 Å². The Hall–Kier alpha value is -0.630. The van der Waals surface area contributed by atoms with E-state index in [0.29, 0.717) is 17.8 Å². The van der Waals surface area contributed by atoms with Crippen molar-refractivity contribution in [3.63, 3.8) is 0 Å². The molecule has 0 saturated heterocycles. The van der Waals surface area contributed by atoms with Gasteiger partial charge in [0.1, 0.15) is 0 Å². The first kappa shape index (κ1) is 10.9. The Morgan fingerprint density at radius 2 is 2.00 bits per heavy atom. The second kappa shape index (κ2) is 4.93. The lowest BCUT2D eigenvalue weighted by atomic mass is 9.77. The normalized spacial score (nSPS) is 32.6. The lowest BCUT2D eigenvalue weighted by Gasteiger charge is -2.33. The van der Waals surface area contributed by atoms with Crippen LogP contribution in [0.4, 0.5) is 0 Å². The van der Waals surface area contributed by atoms with Crippen molar-refractivity contribution in [1.82, 2.24) is 0 Å². The van der Waals surface area contributed by atoms with Gasteiger partial charge in [0.25, 0.3) is 0 Å². The average Bonchev–Trinajstić information content (AvgIpc) is 2.29. The van der Waals surface area contributed by atoms with Crippen molar-refractivity contribution in [3.05, 3.63) is 11.6 Å². The summed E-state index contributed by atoms with van der Waals surface area (Å²) in [5.41, 5.74) is 1.36. The highest BCUT2D eigenvalue weighted by Gasteiger charge is 2.29. The molecule has 2 aliphatic rings. The summed E-state index contributed by atoms with van der Waals surface area (Å²) in [6, 6.07) is 0. The van der Waals surface area contributed by atoms with Gasteiger partial charge in [0.05, 0.1) is 6.10 Å². The van der Waals surface area contributed by atoms with E-state index in [1.807, 2.05) is 6.08 Å². The van der Waals surface area contributed by atoms with Gasteiger partial charge in [-0.1, -0.05) is 18.4 Å². The van der Waals surface area contributed by atoms with Crippen LogP contribution in [0.15, 0.2) is 11.6 Å². The molecule has 2 unspecified atom stereocenters. The Kier molecular flexibility index (Phi) is 3.57. The third kappa shape index (κ3) is 2.49. The first-order chi connectivity index (χ1) is 7.31. The van der Waals surface area contributed by atoms with Gasteiger partial charge in [-0.15, -0.1) is 0 Å². The maximum Gasteiger partial charge on any atom is 0.155 e. The van der Waals surface area contributed by atoms with Gasteiger partial charge in [-0.05, 0) is 31.8 Å². The average molecular weight is 208 g/mol. The van der Waals surface area contributed by atoms with Crippen LogP contribution in [-0.2, 0) is 9.53 Å². The number of carbonyl (C=O) groups is 1. The summed E-state index contributed by atoms with van der Waals surface area (Å²) in [4.78, 5) is 11.4. The van der Waals surface area contributed by atoms with E-state index >= 15 is 0 Å². The van der Waals surface area contributed by atoms with E-state index in [1.165, 1.54) is 24.8 Å². The zero-order valence-electron chi connectivity index (χ0n) is 9.50. The quantitative estimate of drug-likeness (QED) is 0.697. The third-order valence-corrected chi connectivity index (χ3v) is 3.72. The fourth-order valence-electron chi connectivity index (χ4n) is 2.91. The van der Waals surface area contributed by atoms with Crippen molar-refractivity contribution in [3.8, 4) is 0 Å². The Morgan fingerprint density at radius 3 is 2.73 bits per heavy atom. The molecule has 2 atom stereocenters. The summed E-state index contributed by atoms with van der Waals surface area (Å²) in [6.07, 6.45) is 10.1. The second-order valence-electron chi connectivity index (χ2n) is 4.70. The van der Waals surface area contributed by atoms with Crippen molar-refractivity contribution >= 4 is 5.78 Å². The van der Waals surface area contributed by atoms with E-state index in [1.54, 1.807) is 7.11 Å². The predicted octanol–water partition coefficient (Wildman–Crippen LogP) is 2.87. The Morgan fingerprint density at radius 1 is 1.20 bits per heavy atom. The first-order valence-electron chi connectivity index (χ1n) is 6.07. The Bertz CT molecular complexity index is 268. The minimum atomic E-state index is 0.316. The molecule has 84 valence electrons. The summed E-state index contributed by atoms with van der Waals surface area (Å²) in [7, 11) is 1.80. The summed E-state index contributed by atoms with van der Waals surface area (Å²) >= 11 is 0. The minimum Gasteiger partial charge on any atom is -0.381 e. The van der Waals surface area contributed by atoms with Crippen LogP contribution in [0.25, 0.3) is 0 Å². The summed E-state index contributed by atoms with van der Waals surface area (Å²) < 4.78 is 5.54. The van der Waals surface area contributed by atoms with E-state index in [0.717, 1.165) is 25.7 Å². The molecule has 1 saturated carbocycles. The maximum atomic E-state index is 11.4. The van der Waals surface area contributed by atoms with Gasteiger partial charge in [0.15, 0.2) is 5.78 Å². The van der Waals surface area contributed by atoms with E-state index in [4.69, 9.17) is 4.74 Å². The SMILES string of the molecule is COC1CCCCC1C1=CC(=O)CCC1. The fraction of sp³-hybridized carbons (Fsp3) is 0.769. The number of carbonyl (C=O) groups excluding carboxylic acids is 1.